The lowest BCUT2D eigenvalue weighted by atomic mass is 9.76. The minimum Gasteiger partial charge on any atom is -0.462 e. The van der Waals surface area contributed by atoms with Gasteiger partial charge in [-0.1, -0.05) is 35.9 Å². The number of nitrogens with one attached hydrogen (secondary N) is 1. The van der Waals surface area contributed by atoms with Crippen molar-refractivity contribution in [1.82, 2.24) is 0 Å². The van der Waals surface area contributed by atoms with Crippen molar-refractivity contribution in [3.8, 4) is 0 Å². The van der Waals surface area contributed by atoms with Gasteiger partial charge in [0.05, 0.1) is 18.2 Å². The van der Waals surface area contributed by atoms with Gasteiger partial charge in [0.2, 0.25) is 0 Å². The molecule has 0 aromatic heterocycles. The van der Waals surface area contributed by atoms with E-state index < -0.39 is 0 Å². The van der Waals surface area contributed by atoms with E-state index in [-0.39, 0.29) is 12.0 Å². The van der Waals surface area contributed by atoms with Gasteiger partial charge in [0, 0.05) is 16.6 Å². The Bertz CT molecular complexity index is 846. The van der Waals surface area contributed by atoms with E-state index in [1.54, 1.807) is 0 Å². The lowest BCUT2D eigenvalue weighted by molar-refractivity contribution is 0.0526. The number of anilines is 1. The van der Waals surface area contributed by atoms with Gasteiger partial charge in [-0.2, -0.15) is 0 Å². The Labute approximate surface area is 152 Å². The molecular formula is C21H20ClNO2. The fourth-order valence-corrected chi connectivity index (χ4v) is 4.16. The minimum atomic E-state index is -0.263. The maximum Gasteiger partial charge on any atom is 0.338 e. The van der Waals surface area contributed by atoms with Crippen LogP contribution < -0.4 is 5.32 Å². The molecule has 0 radical (unpaired) electrons. The predicted molar refractivity (Wildman–Crippen MR) is 100 cm³/mol. The largest absolute Gasteiger partial charge is 0.462 e. The summed E-state index contributed by atoms with van der Waals surface area (Å²) >= 11 is 6.20. The molecule has 0 saturated carbocycles. The summed E-state index contributed by atoms with van der Waals surface area (Å²) in [5.74, 6) is 0.457. The van der Waals surface area contributed by atoms with Gasteiger partial charge < -0.3 is 10.1 Å². The van der Waals surface area contributed by atoms with Crippen LogP contribution in [0.2, 0.25) is 5.02 Å². The maximum absolute atomic E-state index is 12.1. The second-order valence-corrected chi connectivity index (χ2v) is 6.99. The van der Waals surface area contributed by atoms with Gasteiger partial charge >= 0.3 is 5.97 Å². The van der Waals surface area contributed by atoms with Gasteiger partial charge in [0.25, 0.3) is 0 Å². The van der Waals surface area contributed by atoms with Gasteiger partial charge in [0.15, 0.2) is 0 Å². The number of esters is 1. The molecule has 4 heteroatoms. The van der Waals surface area contributed by atoms with Crippen molar-refractivity contribution in [2.45, 2.75) is 25.3 Å². The number of carbonyl (C=O) groups is 1. The molecule has 3 atom stereocenters. The third kappa shape index (κ3) is 2.93. The zero-order valence-corrected chi connectivity index (χ0v) is 14.8. The van der Waals surface area contributed by atoms with Gasteiger partial charge in [-0.15, -0.1) is 0 Å². The predicted octanol–water partition coefficient (Wildman–Crippen LogP) is 5.34. The molecule has 0 fully saturated rings. The molecule has 1 N–H and O–H groups in total. The highest BCUT2D eigenvalue weighted by molar-refractivity contribution is 6.30. The Morgan fingerprint density at radius 3 is 2.96 bits per heavy atom. The van der Waals surface area contributed by atoms with Crippen LogP contribution in [0.1, 0.15) is 46.8 Å². The average Bonchev–Trinajstić information content (AvgIpc) is 3.11. The zero-order chi connectivity index (χ0) is 17.4. The van der Waals surface area contributed by atoms with E-state index >= 15 is 0 Å². The van der Waals surface area contributed by atoms with Crippen molar-refractivity contribution in [2.24, 2.45) is 5.92 Å². The Hall–Kier alpha value is -2.26. The average molecular weight is 354 g/mol. The standard InChI is InChI=1S/C21H20ClNO2/c1-2-25-21(24)14-9-10-19-18(12-14)16-7-4-8-17(16)20(23-19)13-5-3-6-15(22)11-13/h3-7,9-12,16-17,20,23H,2,8H2,1H3/t16?,17?,20-/m1/s1. The Morgan fingerprint density at radius 1 is 1.28 bits per heavy atom. The molecule has 1 aliphatic heterocycles. The highest BCUT2D eigenvalue weighted by Gasteiger charge is 2.38. The second-order valence-electron chi connectivity index (χ2n) is 6.55. The van der Waals surface area contributed by atoms with Gasteiger partial charge in [-0.25, -0.2) is 4.79 Å². The van der Waals surface area contributed by atoms with Crippen LogP contribution in [-0.2, 0) is 4.74 Å². The van der Waals surface area contributed by atoms with E-state index in [1.165, 1.54) is 11.1 Å². The number of fused-ring (bicyclic) bond motifs is 3. The lowest BCUT2D eigenvalue weighted by Gasteiger charge is -2.37. The van der Waals surface area contributed by atoms with Crippen LogP contribution >= 0.6 is 11.6 Å². The molecule has 1 heterocycles. The fourth-order valence-electron chi connectivity index (χ4n) is 3.97. The van der Waals surface area contributed by atoms with Crippen LogP contribution in [0.4, 0.5) is 5.69 Å². The van der Waals surface area contributed by atoms with Crippen LogP contribution in [0, 0.1) is 5.92 Å². The van der Waals surface area contributed by atoms with E-state index in [0.29, 0.717) is 24.0 Å². The molecule has 0 amide bonds. The van der Waals surface area contributed by atoms with Crippen LogP contribution in [-0.4, -0.2) is 12.6 Å². The van der Waals surface area contributed by atoms with Crippen LogP contribution in [0.15, 0.2) is 54.6 Å². The number of ether oxygens (including phenoxy) is 1. The number of carbonyl (C=O) groups excluding carboxylic acids is 1. The van der Waals surface area contributed by atoms with Gasteiger partial charge in [-0.3, -0.25) is 0 Å². The monoisotopic (exact) mass is 353 g/mol. The smallest absolute Gasteiger partial charge is 0.338 e. The number of rotatable bonds is 3. The SMILES string of the molecule is CCOC(=O)c1ccc2c(c1)C1C=CCC1[C@@H](c1cccc(Cl)c1)N2. The van der Waals surface area contributed by atoms with Crippen LogP contribution in [0.5, 0.6) is 0 Å². The summed E-state index contributed by atoms with van der Waals surface area (Å²) in [5, 5.41) is 4.41. The summed E-state index contributed by atoms with van der Waals surface area (Å²) in [7, 11) is 0. The molecule has 1 aliphatic carbocycles. The molecule has 128 valence electrons. The van der Waals surface area contributed by atoms with E-state index in [9.17, 15) is 4.79 Å². The Kier molecular flexibility index (Phi) is 4.26. The van der Waals surface area contributed by atoms with Crippen molar-refractivity contribution >= 4 is 23.3 Å². The number of halogens is 1. The summed E-state index contributed by atoms with van der Waals surface area (Å²) < 4.78 is 5.14. The topological polar surface area (TPSA) is 38.3 Å². The first-order valence-corrected chi connectivity index (χ1v) is 9.05. The molecule has 4 rings (SSSR count). The normalized spacial score (nSPS) is 23.5. The highest BCUT2D eigenvalue weighted by atomic mass is 35.5. The number of hydrogen-bond acceptors (Lipinski definition) is 3. The summed E-state index contributed by atoms with van der Waals surface area (Å²) in [6.45, 7) is 2.21. The molecule has 2 unspecified atom stereocenters. The van der Waals surface area contributed by atoms with Crippen molar-refractivity contribution in [3.05, 3.63) is 76.3 Å². The fraction of sp³-hybridized carbons (Fsp3) is 0.286. The van der Waals surface area contributed by atoms with Crippen molar-refractivity contribution in [1.29, 1.82) is 0 Å². The first-order chi connectivity index (χ1) is 12.2. The molecular weight excluding hydrogens is 334 g/mol. The van der Waals surface area contributed by atoms with E-state index in [1.807, 2.05) is 43.3 Å². The van der Waals surface area contributed by atoms with Crippen molar-refractivity contribution in [2.75, 3.05) is 11.9 Å². The van der Waals surface area contributed by atoms with Crippen molar-refractivity contribution in [3.63, 3.8) is 0 Å². The number of hydrogen-bond donors (Lipinski definition) is 1. The number of benzene rings is 2. The molecule has 0 bridgehead atoms. The van der Waals surface area contributed by atoms with Crippen molar-refractivity contribution < 1.29 is 9.53 Å². The van der Waals surface area contributed by atoms with E-state index in [4.69, 9.17) is 16.3 Å². The summed E-state index contributed by atoms with van der Waals surface area (Å²) in [5.41, 5.74) is 4.06. The molecule has 3 nitrogen and oxygen atoms in total. The van der Waals surface area contributed by atoms with Crippen LogP contribution in [0.3, 0.4) is 0 Å². The van der Waals surface area contributed by atoms with E-state index in [0.717, 1.165) is 17.1 Å². The summed E-state index contributed by atoms with van der Waals surface area (Å²) in [6, 6.07) is 14.1. The first-order valence-electron chi connectivity index (χ1n) is 8.67. The Balaban J connectivity index is 1.72. The number of allylic oxidation sites excluding steroid dienone is 2. The highest BCUT2D eigenvalue weighted by Crippen LogP contribution is 2.50. The first kappa shape index (κ1) is 16.2. The zero-order valence-electron chi connectivity index (χ0n) is 14.0. The minimum absolute atomic E-state index is 0.208. The molecule has 0 saturated heterocycles. The van der Waals surface area contributed by atoms with Crippen LogP contribution in [0.25, 0.3) is 0 Å². The summed E-state index contributed by atoms with van der Waals surface area (Å²) in [6.07, 6.45) is 5.51. The molecule has 0 spiro atoms. The third-order valence-electron chi connectivity index (χ3n) is 5.08. The van der Waals surface area contributed by atoms with Gasteiger partial charge in [0.1, 0.15) is 0 Å². The summed E-state index contributed by atoms with van der Waals surface area (Å²) in [4.78, 5) is 12.1. The maximum atomic E-state index is 12.1. The second kappa shape index (κ2) is 6.57. The van der Waals surface area contributed by atoms with E-state index in [2.05, 4.69) is 23.5 Å². The Morgan fingerprint density at radius 2 is 2.16 bits per heavy atom. The molecule has 2 aromatic carbocycles. The molecule has 2 aromatic rings. The molecule has 2 aliphatic rings. The quantitative estimate of drug-likeness (QED) is 0.597. The molecule has 25 heavy (non-hydrogen) atoms. The lowest BCUT2D eigenvalue weighted by Crippen LogP contribution is -2.29. The van der Waals surface area contributed by atoms with Gasteiger partial charge in [-0.05, 0) is 60.7 Å². The third-order valence-corrected chi connectivity index (χ3v) is 5.32.